The van der Waals surface area contributed by atoms with Gasteiger partial charge in [0.1, 0.15) is 0 Å². The van der Waals surface area contributed by atoms with Gasteiger partial charge in [-0.1, -0.05) is 40.2 Å². The molecule has 0 bridgehead atoms. The summed E-state index contributed by atoms with van der Waals surface area (Å²) in [6.45, 7) is 1.32. The molecule has 9 heteroatoms. The smallest absolute Gasteiger partial charge is 0.303 e. The third-order valence-electron chi connectivity index (χ3n) is 4.80. The first kappa shape index (κ1) is 19.8. The second-order valence-electron chi connectivity index (χ2n) is 6.83. The molecule has 3 heterocycles. The van der Waals surface area contributed by atoms with Crippen molar-refractivity contribution in [3.05, 3.63) is 80.1 Å². The Morgan fingerprint density at radius 2 is 1.97 bits per heavy atom. The standard InChI is InChI=1S/C20H16BrF3N4O/c21-15-4-2-1-3-13(15)16-6-5-12(9-25-16)10-28-8-7-17-14(11-28)18(29)27-19(26-17)20(22,23)24/h1-6,9H,7-8,10-11H2,(H,26,27,29). The number of nitrogens with zero attached hydrogens (tertiary/aromatic N) is 3. The number of hydrogen-bond donors (Lipinski definition) is 1. The number of H-pyrrole nitrogens is 1. The van der Waals surface area contributed by atoms with E-state index in [9.17, 15) is 18.0 Å². The van der Waals surface area contributed by atoms with E-state index in [-0.39, 0.29) is 12.2 Å². The van der Waals surface area contributed by atoms with Crippen LogP contribution in [0.3, 0.4) is 0 Å². The lowest BCUT2D eigenvalue weighted by Gasteiger charge is -2.27. The second-order valence-corrected chi connectivity index (χ2v) is 7.68. The molecule has 1 N–H and O–H groups in total. The van der Waals surface area contributed by atoms with Crippen molar-refractivity contribution in [2.24, 2.45) is 0 Å². The minimum absolute atomic E-state index is 0.222. The quantitative estimate of drug-likeness (QED) is 0.631. The van der Waals surface area contributed by atoms with Crippen molar-refractivity contribution in [2.75, 3.05) is 6.54 Å². The van der Waals surface area contributed by atoms with E-state index in [4.69, 9.17) is 0 Å². The number of nitrogens with one attached hydrogen (secondary N) is 1. The van der Waals surface area contributed by atoms with Crippen LogP contribution in [0.25, 0.3) is 11.3 Å². The van der Waals surface area contributed by atoms with E-state index >= 15 is 0 Å². The van der Waals surface area contributed by atoms with E-state index in [0.29, 0.717) is 25.1 Å². The lowest BCUT2D eigenvalue weighted by Crippen LogP contribution is -2.36. The highest BCUT2D eigenvalue weighted by molar-refractivity contribution is 9.10. The maximum absolute atomic E-state index is 12.8. The fourth-order valence-corrected chi connectivity index (χ4v) is 3.84. The predicted octanol–water partition coefficient (Wildman–Crippen LogP) is 4.17. The summed E-state index contributed by atoms with van der Waals surface area (Å²) >= 11 is 3.51. The first-order valence-corrected chi connectivity index (χ1v) is 9.72. The van der Waals surface area contributed by atoms with E-state index in [1.54, 1.807) is 6.20 Å². The van der Waals surface area contributed by atoms with Gasteiger partial charge in [-0.05, 0) is 17.7 Å². The molecule has 0 radical (unpaired) electrons. The molecule has 0 aliphatic carbocycles. The molecular formula is C20H16BrF3N4O. The molecular weight excluding hydrogens is 449 g/mol. The fourth-order valence-electron chi connectivity index (χ4n) is 3.35. The van der Waals surface area contributed by atoms with Crippen LogP contribution in [0.15, 0.2) is 51.9 Å². The van der Waals surface area contributed by atoms with E-state index in [0.717, 1.165) is 21.3 Å². The second kappa shape index (κ2) is 7.72. The molecule has 1 aromatic carbocycles. The van der Waals surface area contributed by atoms with E-state index in [1.807, 2.05) is 46.3 Å². The number of rotatable bonds is 3. The van der Waals surface area contributed by atoms with Crippen LogP contribution in [-0.2, 0) is 25.7 Å². The zero-order chi connectivity index (χ0) is 20.6. The average Bonchev–Trinajstić information content (AvgIpc) is 2.69. The summed E-state index contributed by atoms with van der Waals surface area (Å²) in [6, 6.07) is 11.7. The third kappa shape index (κ3) is 4.25. The normalized spacial score (nSPS) is 14.6. The van der Waals surface area contributed by atoms with Crippen molar-refractivity contribution in [1.82, 2.24) is 19.9 Å². The highest BCUT2D eigenvalue weighted by Gasteiger charge is 2.35. The zero-order valence-electron chi connectivity index (χ0n) is 15.1. The van der Waals surface area contributed by atoms with Gasteiger partial charge < -0.3 is 4.98 Å². The van der Waals surface area contributed by atoms with Crippen molar-refractivity contribution in [1.29, 1.82) is 0 Å². The lowest BCUT2D eigenvalue weighted by atomic mass is 10.1. The van der Waals surface area contributed by atoms with Crippen molar-refractivity contribution in [3.63, 3.8) is 0 Å². The molecule has 4 rings (SSSR count). The van der Waals surface area contributed by atoms with Crippen LogP contribution in [0.5, 0.6) is 0 Å². The predicted molar refractivity (Wildman–Crippen MR) is 105 cm³/mol. The molecule has 3 aromatic rings. The zero-order valence-corrected chi connectivity index (χ0v) is 16.7. The average molecular weight is 465 g/mol. The van der Waals surface area contributed by atoms with Crippen molar-refractivity contribution in [2.45, 2.75) is 25.7 Å². The Bertz CT molecular complexity index is 1100. The van der Waals surface area contributed by atoms with Crippen LogP contribution < -0.4 is 5.56 Å². The topological polar surface area (TPSA) is 61.9 Å². The Labute approximate surface area is 172 Å². The summed E-state index contributed by atoms with van der Waals surface area (Å²) < 4.78 is 39.4. The van der Waals surface area contributed by atoms with E-state index < -0.39 is 17.6 Å². The molecule has 29 heavy (non-hydrogen) atoms. The molecule has 2 aromatic heterocycles. The van der Waals surface area contributed by atoms with Crippen LogP contribution in [-0.4, -0.2) is 26.4 Å². The Kier molecular flexibility index (Phi) is 5.26. The molecule has 0 spiro atoms. The summed E-state index contributed by atoms with van der Waals surface area (Å²) in [6.07, 6.45) is -2.59. The van der Waals surface area contributed by atoms with Crippen LogP contribution in [0.1, 0.15) is 22.6 Å². The van der Waals surface area contributed by atoms with Gasteiger partial charge in [0.25, 0.3) is 5.56 Å². The molecule has 0 amide bonds. The van der Waals surface area contributed by atoms with Gasteiger partial charge in [0.05, 0.1) is 17.0 Å². The maximum atomic E-state index is 12.8. The van der Waals surface area contributed by atoms with Crippen molar-refractivity contribution < 1.29 is 13.2 Å². The number of pyridine rings is 1. The van der Waals surface area contributed by atoms with Gasteiger partial charge in [-0.3, -0.25) is 14.7 Å². The van der Waals surface area contributed by atoms with Crippen LogP contribution in [0.2, 0.25) is 0 Å². The molecule has 0 saturated carbocycles. The largest absolute Gasteiger partial charge is 0.449 e. The van der Waals surface area contributed by atoms with Gasteiger partial charge in [-0.2, -0.15) is 13.2 Å². The number of hydrogen-bond acceptors (Lipinski definition) is 4. The van der Waals surface area contributed by atoms with Crippen LogP contribution >= 0.6 is 15.9 Å². The van der Waals surface area contributed by atoms with Gasteiger partial charge in [-0.15, -0.1) is 0 Å². The van der Waals surface area contributed by atoms with Gasteiger partial charge in [0.2, 0.25) is 5.82 Å². The maximum Gasteiger partial charge on any atom is 0.449 e. The van der Waals surface area contributed by atoms with Gasteiger partial charge >= 0.3 is 6.18 Å². The first-order chi connectivity index (χ1) is 13.8. The van der Waals surface area contributed by atoms with E-state index in [1.165, 1.54) is 0 Å². The summed E-state index contributed by atoms with van der Waals surface area (Å²) in [4.78, 5) is 24.1. The summed E-state index contributed by atoms with van der Waals surface area (Å²) in [7, 11) is 0. The molecule has 0 fully saturated rings. The van der Waals surface area contributed by atoms with Crippen LogP contribution in [0.4, 0.5) is 13.2 Å². The highest BCUT2D eigenvalue weighted by atomic mass is 79.9. The molecule has 1 aliphatic rings. The molecule has 150 valence electrons. The monoisotopic (exact) mass is 464 g/mol. The number of alkyl halides is 3. The lowest BCUT2D eigenvalue weighted by molar-refractivity contribution is -0.145. The minimum atomic E-state index is -4.66. The number of fused-ring (bicyclic) bond motifs is 1. The van der Waals surface area contributed by atoms with Gasteiger partial charge in [0, 0.05) is 42.3 Å². The molecule has 5 nitrogen and oxygen atoms in total. The Morgan fingerprint density at radius 3 is 2.66 bits per heavy atom. The summed E-state index contributed by atoms with van der Waals surface area (Å²) in [5.74, 6) is -1.23. The van der Waals surface area contributed by atoms with Gasteiger partial charge in [0.15, 0.2) is 0 Å². The highest BCUT2D eigenvalue weighted by Crippen LogP contribution is 2.28. The number of benzene rings is 1. The van der Waals surface area contributed by atoms with Crippen molar-refractivity contribution >= 4 is 15.9 Å². The molecule has 0 unspecified atom stereocenters. The minimum Gasteiger partial charge on any atom is -0.303 e. The molecule has 0 saturated heterocycles. The summed E-state index contributed by atoms with van der Waals surface area (Å²) in [5.41, 5.74) is 2.58. The van der Waals surface area contributed by atoms with Crippen molar-refractivity contribution in [3.8, 4) is 11.3 Å². The first-order valence-electron chi connectivity index (χ1n) is 8.93. The Morgan fingerprint density at radius 1 is 1.17 bits per heavy atom. The third-order valence-corrected chi connectivity index (χ3v) is 5.49. The number of aromatic amines is 1. The molecule has 0 atom stereocenters. The van der Waals surface area contributed by atoms with Crippen LogP contribution in [0, 0.1) is 0 Å². The van der Waals surface area contributed by atoms with Gasteiger partial charge in [-0.25, -0.2) is 4.98 Å². The van der Waals surface area contributed by atoms with E-state index in [2.05, 4.69) is 25.9 Å². The Hall–Kier alpha value is -2.52. The Balaban J connectivity index is 1.50. The SMILES string of the molecule is O=c1[nH]c(C(F)(F)F)nc2c1CN(Cc1ccc(-c3ccccc3Br)nc1)CC2. The number of aromatic nitrogens is 3. The molecule has 1 aliphatic heterocycles. The number of halogens is 4. The summed E-state index contributed by atoms with van der Waals surface area (Å²) in [5, 5.41) is 0. The fraction of sp³-hybridized carbons (Fsp3) is 0.250.